The number of halogens is 1. The fourth-order valence-electron chi connectivity index (χ4n) is 2.47. The minimum atomic E-state index is -4.14. The van der Waals surface area contributed by atoms with Crippen LogP contribution in [0.2, 0.25) is 0 Å². The van der Waals surface area contributed by atoms with Gasteiger partial charge in [-0.3, -0.25) is 9.78 Å². The van der Waals surface area contributed by atoms with E-state index >= 15 is 0 Å². The molecule has 2 rings (SSSR count). The summed E-state index contributed by atoms with van der Waals surface area (Å²) in [7, 11) is -4.14. The van der Waals surface area contributed by atoms with E-state index in [1.54, 1.807) is 0 Å². The largest absolute Gasteiger partial charge is 0.480 e. The molecule has 8 heteroatoms. The van der Waals surface area contributed by atoms with Gasteiger partial charge in [0, 0.05) is 6.20 Å². The number of carboxylic acid groups (broad SMARTS) is 1. The molecule has 1 heterocycles. The van der Waals surface area contributed by atoms with Gasteiger partial charge in [0.1, 0.15) is 16.3 Å². The quantitative estimate of drug-likeness (QED) is 0.878. The molecule has 1 aromatic rings. The zero-order valence-corrected chi connectivity index (χ0v) is 12.4. The van der Waals surface area contributed by atoms with Crippen LogP contribution < -0.4 is 4.72 Å². The fourth-order valence-corrected chi connectivity index (χ4v) is 3.86. The normalized spacial score (nSPS) is 26.5. The first-order valence-electron chi connectivity index (χ1n) is 6.63. The summed E-state index contributed by atoms with van der Waals surface area (Å²) in [4.78, 5) is 14.7. The van der Waals surface area contributed by atoms with E-state index in [4.69, 9.17) is 0 Å². The number of pyridine rings is 1. The van der Waals surface area contributed by atoms with Gasteiger partial charge in [0.25, 0.3) is 0 Å². The molecule has 0 bridgehead atoms. The molecule has 1 aliphatic rings. The van der Waals surface area contributed by atoms with Crippen LogP contribution in [-0.4, -0.2) is 30.0 Å². The lowest BCUT2D eigenvalue weighted by atomic mass is 9.78. The average Bonchev–Trinajstić information content (AvgIpc) is 2.41. The van der Waals surface area contributed by atoms with Crippen molar-refractivity contribution < 1.29 is 22.7 Å². The molecule has 0 aliphatic heterocycles. The molecular weight excluding hydrogens is 299 g/mol. The van der Waals surface area contributed by atoms with E-state index < -0.39 is 27.3 Å². The summed E-state index contributed by atoms with van der Waals surface area (Å²) in [6, 6.07) is 0.816. The number of hydrogen-bond acceptors (Lipinski definition) is 4. The van der Waals surface area contributed by atoms with Crippen molar-refractivity contribution in [1.29, 1.82) is 0 Å². The number of hydrogen-bond donors (Lipinski definition) is 2. The van der Waals surface area contributed by atoms with Crippen molar-refractivity contribution in [2.75, 3.05) is 0 Å². The van der Waals surface area contributed by atoms with Crippen LogP contribution in [-0.2, 0) is 14.8 Å². The minimum absolute atomic E-state index is 0.214. The van der Waals surface area contributed by atoms with Gasteiger partial charge in [-0.25, -0.2) is 12.8 Å². The van der Waals surface area contributed by atoms with Gasteiger partial charge in [0.2, 0.25) is 10.0 Å². The Balaban J connectivity index is 2.30. The second-order valence-corrected chi connectivity index (χ2v) is 7.20. The Morgan fingerprint density at radius 3 is 2.57 bits per heavy atom. The molecule has 0 unspecified atom stereocenters. The van der Waals surface area contributed by atoms with E-state index in [0.717, 1.165) is 18.5 Å². The summed E-state index contributed by atoms with van der Waals surface area (Å²) >= 11 is 0. The van der Waals surface area contributed by atoms with Crippen LogP contribution in [0.15, 0.2) is 23.4 Å². The van der Waals surface area contributed by atoms with Crippen molar-refractivity contribution >= 4 is 16.0 Å². The molecule has 0 saturated heterocycles. The summed E-state index contributed by atoms with van der Waals surface area (Å²) in [5.74, 6) is -1.64. The van der Waals surface area contributed by atoms with E-state index in [1.807, 2.05) is 6.92 Å². The number of nitrogens with one attached hydrogen (secondary N) is 1. The number of sulfonamides is 1. The average molecular weight is 316 g/mol. The Morgan fingerprint density at radius 1 is 1.43 bits per heavy atom. The van der Waals surface area contributed by atoms with E-state index in [-0.39, 0.29) is 17.7 Å². The highest BCUT2D eigenvalue weighted by molar-refractivity contribution is 7.89. The molecule has 1 saturated carbocycles. The van der Waals surface area contributed by atoms with E-state index in [2.05, 4.69) is 9.71 Å². The third-order valence-corrected chi connectivity index (χ3v) is 5.36. The summed E-state index contributed by atoms with van der Waals surface area (Å²) in [5.41, 5.74) is -1.53. The van der Waals surface area contributed by atoms with Crippen LogP contribution in [0, 0.1) is 11.7 Å². The zero-order chi connectivity index (χ0) is 15.7. The molecule has 1 aliphatic carbocycles. The lowest BCUT2D eigenvalue weighted by molar-refractivity contribution is -0.145. The second-order valence-electron chi connectivity index (χ2n) is 5.51. The smallest absolute Gasteiger partial charge is 0.324 e. The zero-order valence-electron chi connectivity index (χ0n) is 11.5. The topological polar surface area (TPSA) is 96.4 Å². The summed E-state index contributed by atoms with van der Waals surface area (Å²) in [6.45, 7) is 2.00. The number of aliphatic carboxylic acids is 1. The summed E-state index contributed by atoms with van der Waals surface area (Å²) in [6.07, 6.45) is 3.55. The first-order chi connectivity index (χ1) is 9.75. The SMILES string of the molecule is CC1CCC(NS(=O)(=O)c2cncc(F)c2)(C(=O)O)CC1. The molecule has 0 spiro atoms. The molecule has 116 valence electrons. The second kappa shape index (κ2) is 5.69. The van der Waals surface area contributed by atoms with Gasteiger partial charge in [-0.05, 0) is 37.7 Å². The van der Waals surface area contributed by atoms with Crippen LogP contribution in [0.25, 0.3) is 0 Å². The monoisotopic (exact) mass is 316 g/mol. The summed E-state index contributed by atoms with van der Waals surface area (Å²) < 4.78 is 39.9. The first kappa shape index (κ1) is 15.8. The van der Waals surface area contributed by atoms with Crippen LogP contribution in [0.3, 0.4) is 0 Å². The molecule has 0 aromatic carbocycles. The number of rotatable bonds is 4. The van der Waals surface area contributed by atoms with Crippen LogP contribution >= 0.6 is 0 Å². The molecule has 0 amide bonds. The molecule has 2 N–H and O–H groups in total. The maximum atomic E-state index is 13.1. The lowest BCUT2D eigenvalue weighted by Gasteiger charge is -2.36. The first-order valence-corrected chi connectivity index (χ1v) is 8.11. The number of nitrogens with zero attached hydrogens (tertiary/aromatic N) is 1. The fraction of sp³-hybridized carbons (Fsp3) is 0.538. The Hall–Kier alpha value is -1.54. The predicted octanol–water partition coefficient (Wildman–Crippen LogP) is 1.53. The predicted molar refractivity (Wildman–Crippen MR) is 72.5 cm³/mol. The third-order valence-electron chi connectivity index (χ3n) is 3.86. The molecule has 21 heavy (non-hydrogen) atoms. The van der Waals surface area contributed by atoms with E-state index in [1.165, 1.54) is 0 Å². The third kappa shape index (κ3) is 3.38. The molecular formula is C13H17FN2O4S. The number of carboxylic acids is 1. The molecule has 0 radical (unpaired) electrons. The lowest BCUT2D eigenvalue weighted by Crippen LogP contribution is -2.56. The Bertz CT molecular complexity index is 639. The van der Waals surface area contributed by atoms with Gasteiger partial charge in [0.05, 0.1) is 6.20 Å². The minimum Gasteiger partial charge on any atom is -0.480 e. The molecule has 1 fully saturated rings. The highest BCUT2D eigenvalue weighted by Crippen LogP contribution is 2.33. The Labute approximate surface area is 122 Å². The number of aromatic nitrogens is 1. The maximum absolute atomic E-state index is 13.1. The van der Waals surface area contributed by atoms with Crippen molar-refractivity contribution in [3.63, 3.8) is 0 Å². The molecule has 6 nitrogen and oxygen atoms in total. The van der Waals surface area contributed by atoms with Crippen molar-refractivity contribution in [2.45, 2.75) is 43.0 Å². The van der Waals surface area contributed by atoms with Gasteiger partial charge >= 0.3 is 5.97 Å². The summed E-state index contributed by atoms with van der Waals surface area (Å²) in [5, 5.41) is 9.42. The van der Waals surface area contributed by atoms with Gasteiger partial charge in [0.15, 0.2) is 0 Å². The van der Waals surface area contributed by atoms with Crippen LogP contribution in [0.5, 0.6) is 0 Å². The number of carbonyl (C=O) groups is 1. The van der Waals surface area contributed by atoms with Crippen molar-refractivity contribution in [2.24, 2.45) is 5.92 Å². The highest BCUT2D eigenvalue weighted by atomic mass is 32.2. The Kier molecular flexibility index (Phi) is 4.29. The van der Waals surface area contributed by atoms with Crippen LogP contribution in [0.4, 0.5) is 4.39 Å². The van der Waals surface area contributed by atoms with Gasteiger partial charge in [-0.15, -0.1) is 0 Å². The van der Waals surface area contributed by atoms with E-state index in [0.29, 0.717) is 18.8 Å². The maximum Gasteiger partial charge on any atom is 0.324 e. The van der Waals surface area contributed by atoms with E-state index in [9.17, 15) is 22.7 Å². The van der Waals surface area contributed by atoms with Gasteiger partial charge in [-0.2, -0.15) is 4.72 Å². The Morgan fingerprint density at radius 2 is 2.05 bits per heavy atom. The molecule has 0 atom stereocenters. The molecule has 1 aromatic heterocycles. The van der Waals surface area contributed by atoms with Crippen LogP contribution in [0.1, 0.15) is 32.6 Å². The van der Waals surface area contributed by atoms with Gasteiger partial charge < -0.3 is 5.11 Å². The van der Waals surface area contributed by atoms with Gasteiger partial charge in [-0.1, -0.05) is 6.92 Å². The highest BCUT2D eigenvalue weighted by Gasteiger charge is 2.44. The van der Waals surface area contributed by atoms with Crippen molar-refractivity contribution in [3.05, 3.63) is 24.3 Å². The van der Waals surface area contributed by atoms with Crippen molar-refractivity contribution in [3.8, 4) is 0 Å². The standard InChI is InChI=1S/C13H17FN2O4S/c1-9-2-4-13(5-3-9,12(17)18)16-21(19,20)11-6-10(14)7-15-8-11/h6-9,16H,2-5H2,1H3,(H,17,18). The van der Waals surface area contributed by atoms with Crippen molar-refractivity contribution in [1.82, 2.24) is 9.71 Å².